The molecule has 1 nitrogen and oxygen atoms in total. The first-order chi connectivity index (χ1) is 6.27. The van der Waals surface area contributed by atoms with Crippen molar-refractivity contribution in [3.8, 4) is 0 Å². The lowest BCUT2D eigenvalue weighted by Crippen LogP contribution is -2.11. The molecule has 2 heteroatoms. The normalized spacial score (nSPS) is 21.7. The van der Waals surface area contributed by atoms with E-state index in [9.17, 15) is 4.39 Å². The molecule has 0 spiro atoms. The molecule has 0 aliphatic heterocycles. The summed E-state index contributed by atoms with van der Waals surface area (Å²) in [7, 11) is 0. The molecule has 0 fully saturated rings. The van der Waals surface area contributed by atoms with Gasteiger partial charge in [0.25, 0.3) is 0 Å². The van der Waals surface area contributed by atoms with Crippen molar-refractivity contribution >= 4 is 5.57 Å². The maximum Gasteiger partial charge on any atom is 0.130 e. The third-order valence-electron chi connectivity index (χ3n) is 2.38. The molecule has 1 aromatic carbocycles. The molecule has 1 aromatic rings. The molecule has 13 heavy (non-hydrogen) atoms. The minimum absolute atomic E-state index is 0.106. The fraction of sp³-hybridized carbons (Fsp3) is 0.273. The van der Waals surface area contributed by atoms with Crippen molar-refractivity contribution in [1.82, 2.24) is 0 Å². The SMILES string of the molecule is NC1C=C(c2ccccc2F)CC1. The highest BCUT2D eigenvalue weighted by Crippen LogP contribution is 2.28. The van der Waals surface area contributed by atoms with Crippen LogP contribution in [0.2, 0.25) is 0 Å². The van der Waals surface area contributed by atoms with Gasteiger partial charge in [-0.2, -0.15) is 0 Å². The molecule has 2 N–H and O–H groups in total. The molecule has 0 radical (unpaired) electrons. The molecular formula is C11H12FN. The van der Waals surface area contributed by atoms with Crippen LogP contribution < -0.4 is 5.73 Å². The summed E-state index contributed by atoms with van der Waals surface area (Å²) in [6.45, 7) is 0. The topological polar surface area (TPSA) is 26.0 Å². The van der Waals surface area contributed by atoms with Crippen molar-refractivity contribution in [2.24, 2.45) is 5.73 Å². The number of nitrogens with two attached hydrogens (primary N) is 1. The molecule has 1 atom stereocenters. The molecule has 1 unspecified atom stereocenters. The number of hydrogen-bond donors (Lipinski definition) is 1. The Labute approximate surface area is 77.1 Å². The second kappa shape index (κ2) is 3.30. The monoisotopic (exact) mass is 177 g/mol. The zero-order valence-electron chi connectivity index (χ0n) is 7.33. The Bertz CT molecular complexity index is 344. The molecule has 0 amide bonds. The first-order valence-electron chi connectivity index (χ1n) is 4.48. The van der Waals surface area contributed by atoms with Gasteiger partial charge in [0.05, 0.1) is 0 Å². The first kappa shape index (κ1) is 8.45. The molecule has 2 rings (SSSR count). The van der Waals surface area contributed by atoms with Crippen molar-refractivity contribution < 1.29 is 4.39 Å². The Kier molecular flexibility index (Phi) is 2.15. The van der Waals surface area contributed by atoms with E-state index < -0.39 is 0 Å². The Balaban J connectivity index is 2.36. The predicted octanol–water partition coefficient (Wildman–Crippen LogP) is 2.33. The van der Waals surface area contributed by atoms with E-state index in [0.717, 1.165) is 18.4 Å². The van der Waals surface area contributed by atoms with Crippen molar-refractivity contribution in [2.45, 2.75) is 18.9 Å². The van der Waals surface area contributed by atoms with E-state index in [1.54, 1.807) is 12.1 Å². The zero-order chi connectivity index (χ0) is 9.26. The van der Waals surface area contributed by atoms with Crippen LogP contribution in [0.15, 0.2) is 30.3 Å². The quantitative estimate of drug-likeness (QED) is 0.700. The summed E-state index contributed by atoms with van der Waals surface area (Å²) in [5, 5.41) is 0. The van der Waals surface area contributed by atoms with Crippen LogP contribution in [0.25, 0.3) is 5.57 Å². The van der Waals surface area contributed by atoms with E-state index in [0.29, 0.717) is 5.56 Å². The summed E-state index contributed by atoms with van der Waals surface area (Å²) >= 11 is 0. The van der Waals surface area contributed by atoms with Crippen LogP contribution in [-0.4, -0.2) is 6.04 Å². The van der Waals surface area contributed by atoms with Crippen LogP contribution in [-0.2, 0) is 0 Å². The molecule has 0 saturated carbocycles. The summed E-state index contributed by atoms with van der Waals surface area (Å²) in [6, 6.07) is 6.95. The minimum atomic E-state index is -0.150. The third kappa shape index (κ3) is 1.63. The second-order valence-electron chi connectivity index (χ2n) is 3.37. The molecule has 1 aliphatic rings. The standard InChI is InChI=1S/C11H12FN/c12-11-4-2-1-3-10(11)8-5-6-9(13)7-8/h1-4,7,9H,5-6,13H2. The van der Waals surface area contributed by atoms with Gasteiger partial charge >= 0.3 is 0 Å². The van der Waals surface area contributed by atoms with E-state index in [2.05, 4.69) is 0 Å². The predicted molar refractivity (Wildman–Crippen MR) is 51.6 cm³/mol. The number of hydrogen-bond acceptors (Lipinski definition) is 1. The Hall–Kier alpha value is -1.15. The maximum absolute atomic E-state index is 13.3. The molecule has 68 valence electrons. The summed E-state index contributed by atoms with van der Waals surface area (Å²) < 4.78 is 13.3. The van der Waals surface area contributed by atoms with Crippen molar-refractivity contribution in [2.75, 3.05) is 0 Å². The van der Waals surface area contributed by atoms with Gasteiger partial charge in [-0.25, -0.2) is 4.39 Å². The van der Waals surface area contributed by atoms with Crippen LogP contribution in [0, 0.1) is 5.82 Å². The van der Waals surface area contributed by atoms with Gasteiger partial charge in [0.1, 0.15) is 5.82 Å². The molecule has 0 bridgehead atoms. The first-order valence-corrected chi connectivity index (χ1v) is 4.48. The molecular weight excluding hydrogens is 165 g/mol. The number of halogens is 1. The van der Waals surface area contributed by atoms with Gasteiger partial charge in [-0.1, -0.05) is 24.3 Å². The third-order valence-corrected chi connectivity index (χ3v) is 2.38. The zero-order valence-corrected chi connectivity index (χ0v) is 7.33. The highest BCUT2D eigenvalue weighted by Gasteiger charge is 2.15. The van der Waals surface area contributed by atoms with Gasteiger partial charge in [0.2, 0.25) is 0 Å². The fourth-order valence-electron chi connectivity index (χ4n) is 1.69. The summed E-state index contributed by atoms with van der Waals surface area (Å²) in [6.07, 6.45) is 3.78. The minimum Gasteiger partial charge on any atom is -0.324 e. The van der Waals surface area contributed by atoms with E-state index >= 15 is 0 Å². The van der Waals surface area contributed by atoms with Crippen molar-refractivity contribution in [1.29, 1.82) is 0 Å². The van der Waals surface area contributed by atoms with Crippen LogP contribution >= 0.6 is 0 Å². The molecule has 0 aromatic heterocycles. The molecule has 0 saturated heterocycles. The van der Waals surface area contributed by atoms with Crippen molar-refractivity contribution in [3.05, 3.63) is 41.7 Å². The molecule has 1 aliphatic carbocycles. The summed E-state index contributed by atoms with van der Waals surface area (Å²) in [5.74, 6) is -0.150. The van der Waals surface area contributed by atoms with Gasteiger partial charge in [-0.05, 0) is 24.5 Å². The molecule has 0 heterocycles. The number of allylic oxidation sites excluding steroid dienone is 1. The van der Waals surface area contributed by atoms with Crippen molar-refractivity contribution in [3.63, 3.8) is 0 Å². The summed E-state index contributed by atoms with van der Waals surface area (Å²) in [4.78, 5) is 0. The largest absolute Gasteiger partial charge is 0.324 e. The lowest BCUT2D eigenvalue weighted by atomic mass is 10.1. The van der Waals surface area contributed by atoms with Crippen LogP contribution in [0.1, 0.15) is 18.4 Å². The average molecular weight is 177 g/mol. The van der Waals surface area contributed by atoms with E-state index in [1.165, 1.54) is 6.07 Å². The maximum atomic E-state index is 13.3. The highest BCUT2D eigenvalue weighted by atomic mass is 19.1. The fourth-order valence-corrected chi connectivity index (χ4v) is 1.69. The lowest BCUT2D eigenvalue weighted by molar-refractivity contribution is 0.623. The Morgan fingerprint density at radius 1 is 1.31 bits per heavy atom. The van der Waals surface area contributed by atoms with E-state index in [-0.39, 0.29) is 11.9 Å². The van der Waals surface area contributed by atoms with Gasteiger partial charge in [-0.3, -0.25) is 0 Å². The Morgan fingerprint density at radius 3 is 2.69 bits per heavy atom. The average Bonchev–Trinajstić information content (AvgIpc) is 2.53. The van der Waals surface area contributed by atoms with Gasteiger partial charge in [-0.15, -0.1) is 0 Å². The van der Waals surface area contributed by atoms with E-state index in [1.807, 2.05) is 12.1 Å². The van der Waals surface area contributed by atoms with Crippen LogP contribution in [0.5, 0.6) is 0 Å². The second-order valence-corrected chi connectivity index (χ2v) is 3.37. The highest BCUT2D eigenvalue weighted by molar-refractivity contribution is 5.68. The van der Waals surface area contributed by atoms with Gasteiger partial charge < -0.3 is 5.73 Å². The van der Waals surface area contributed by atoms with Crippen LogP contribution in [0.4, 0.5) is 4.39 Å². The summed E-state index contributed by atoms with van der Waals surface area (Å²) in [5.41, 5.74) is 7.46. The Morgan fingerprint density at radius 2 is 2.08 bits per heavy atom. The van der Waals surface area contributed by atoms with E-state index in [4.69, 9.17) is 5.73 Å². The lowest BCUT2D eigenvalue weighted by Gasteiger charge is -2.02. The number of rotatable bonds is 1. The van der Waals surface area contributed by atoms with Crippen LogP contribution in [0.3, 0.4) is 0 Å². The van der Waals surface area contributed by atoms with Gasteiger partial charge in [0.15, 0.2) is 0 Å². The van der Waals surface area contributed by atoms with Gasteiger partial charge in [0, 0.05) is 11.6 Å². The smallest absolute Gasteiger partial charge is 0.130 e. The number of benzene rings is 1.